The molecule has 5 heteroatoms. The van der Waals surface area contributed by atoms with Crippen molar-refractivity contribution in [2.45, 2.75) is 44.6 Å². The zero-order valence-corrected chi connectivity index (χ0v) is 10.8. The summed E-state index contributed by atoms with van der Waals surface area (Å²) in [6, 6.07) is 0. The largest absolute Gasteiger partial charge is 0.453 e. The van der Waals surface area contributed by atoms with E-state index in [0.29, 0.717) is 11.8 Å². The molecule has 0 aliphatic heterocycles. The van der Waals surface area contributed by atoms with Crippen LogP contribution in [0.2, 0.25) is 0 Å². The van der Waals surface area contributed by atoms with Gasteiger partial charge in [0.05, 0.1) is 0 Å². The van der Waals surface area contributed by atoms with Crippen LogP contribution in [-0.2, 0) is 9.53 Å². The fourth-order valence-corrected chi connectivity index (χ4v) is 4.61. The number of carbonyl (C=O) groups is 1. The molecule has 0 aromatic rings. The van der Waals surface area contributed by atoms with Crippen LogP contribution >= 0.6 is 0 Å². The standard InChI is InChI=1S/C14H17F3O2/c1-14(19-13(18)11(15)12(16)17)9-3-7-2-8(5-9)6-10(14)4-7/h7-10H,2-6H2,1H3. The molecule has 0 aromatic heterocycles. The quantitative estimate of drug-likeness (QED) is 0.565. The lowest BCUT2D eigenvalue weighted by atomic mass is 9.50. The highest BCUT2D eigenvalue weighted by atomic mass is 19.3. The van der Waals surface area contributed by atoms with Crippen molar-refractivity contribution in [3.8, 4) is 0 Å². The van der Waals surface area contributed by atoms with Crippen LogP contribution in [0.15, 0.2) is 11.9 Å². The molecule has 0 amide bonds. The second-order valence-electron chi connectivity index (χ2n) is 6.45. The van der Waals surface area contributed by atoms with Crippen LogP contribution < -0.4 is 0 Å². The first-order valence-electron chi connectivity index (χ1n) is 6.84. The van der Waals surface area contributed by atoms with Crippen LogP contribution in [0, 0.1) is 23.7 Å². The van der Waals surface area contributed by atoms with Gasteiger partial charge in [-0.05, 0) is 62.7 Å². The van der Waals surface area contributed by atoms with Crippen molar-refractivity contribution >= 4 is 5.97 Å². The molecule has 0 aromatic carbocycles. The van der Waals surface area contributed by atoms with E-state index in [-0.39, 0.29) is 11.8 Å². The van der Waals surface area contributed by atoms with E-state index in [9.17, 15) is 18.0 Å². The van der Waals surface area contributed by atoms with Crippen LogP contribution in [-0.4, -0.2) is 11.6 Å². The number of ether oxygens (including phenoxy) is 1. The number of carbonyl (C=O) groups excluding carboxylic acids is 1. The van der Waals surface area contributed by atoms with Gasteiger partial charge in [-0.2, -0.15) is 13.2 Å². The molecule has 0 atom stereocenters. The number of esters is 1. The molecule has 4 saturated carbocycles. The molecule has 0 N–H and O–H groups in total. The van der Waals surface area contributed by atoms with Crippen molar-refractivity contribution in [3.05, 3.63) is 11.9 Å². The van der Waals surface area contributed by atoms with Crippen LogP contribution in [0.3, 0.4) is 0 Å². The van der Waals surface area contributed by atoms with Crippen LogP contribution in [0.4, 0.5) is 13.2 Å². The van der Waals surface area contributed by atoms with E-state index in [1.807, 2.05) is 0 Å². The number of rotatable bonds is 2. The van der Waals surface area contributed by atoms with Gasteiger partial charge in [-0.15, -0.1) is 0 Å². The van der Waals surface area contributed by atoms with Gasteiger partial charge >= 0.3 is 12.0 Å². The minimum Gasteiger partial charge on any atom is -0.453 e. The third-order valence-electron chi connectivity index (χ3n) is 5.42. The number of hydrogen-bond donors (Lipinski definition) is 0. The summed E-state index contributed by atoms with van der Waals surface area (Å²) in [6.45, 7) is 1.79. The Morgan fingerprint density at radius 3 is 1.89 bits per heavy atom. The Morgan fingerprint density at radius 1 is 1.00 bits per heavy atom. The Bertz CT molecular complexity index is 412. The second kappa shape index (κ2) is 4.25. The molecule has 0 saturated heterocycles. The lowest BCUT2D eigenvalue weighted by Gasteiger charge is -2.58. The third kappa shape index (κ3) is 1.98. The Morgan fingerprint density at radius 2 is 1.47 bits per heavy atom. The van der Waals surface area contributed by atoms with Gasteiger partial charge in [0.15, 0.2) is 0 Å². The van der Waals surface area contributed by atoms with Gasteiger partial charge in [0.2, 0.25) is 0 Å². The summed E-state index contributed by atoms with van der Waals surface area (Å²) in [5.41, 5.74) is -0.767. The van der Waals surface area contributed by atoms with Crippen molar-refractivity contribution in [1.29, 1.82) is 0 Å². The molecule has 4 rings (SSSR count). The van der Waals surface area contributed by atoms with Crippen molar-refractivity contribution in [2.75, 3.05) is 0 Å². The first kappa shape index (κ1) is 13.0. The Balaban J connectivity index is 1.80. The molecule has 4 aliphatic carbocycles. The smallest absolute Gasteiger partial charge is 0.373 e. The highest BCUT2D eigenvalue weighted by Gasteiger charge is 2.57. The van der Waals surface area contributed by atoms with Gasteiger partial charge in [0.25, 0.3) is 5.83 Å². The van der Waals surface area contributed by atoms with Gasteiger partial charge in [0.1, 0.15) is 5.60 Å². The summed E-state index contributed by atoms with van der Waals surface area (Å²) >= 11 is 0. The van der Waals surface area contributed by atoms with Crippen LogP contribution in [0.1, 0.15) is 39.0 Å². The normalized spacial score (nSPS) is 43.2. The van der Waals surface area contributed by atoms with Gasteiger partial charge in [-0.25, -0.2) is 4.79 Å². The van der Waals surface area contributed by atoms with Crippen molar-refractivity contribution in [2.24, 2.45) is 23.7 Å². The maximum atomic E-state index is 13.0. The van der Waals surface area contributed by atoms with Crippen molar-refractivity contribution in [1.82, 2.24) is 0 Å². The van der Waals surface area contributed by atoms with E-state index in [1.165, 1.54) is 6.42 Å². The molecule has 0 radical (unpaired) electrons. The summed E-state index contributed by atoms with van der Waals surface area (Å²) in [5.74, 6) is -1.81. The van der Waals surface area contributed by atoms with E-state index < -0.39 is 23.5 Å². The molecule has 0 heterocycles. The highest BCUT2D eigenvalue weighted by Crippen LogP contribution is 2.59. The minimum absolute atomic E-state index is 0.197. The Labute approximate surface area is 110 Å². The highest BCUT2D eigenvalue weighted by molar-refractivity contribution is 5.86. The third-order valence-corrected chi connectivity index (χ3v) is 5.42. The maximum Gasteiger partial charge on any atom is 0.373 e. The predicted molar refractivity (Wildman–Crippen MR) is 61.9 cm³/mol. The molecule has 0 unspecified atom stereocenters. The SMILES string of the molecule is CC1(OC(=O)C(F)=C(F)F)C2CC3CC(C2)CC1C3. The summed E-state index contributed by atoms with van der Waals surface area (Å²) < 4.78 is 42.4. The van der Waals surface area contributed by atoms with Crippen LogP contribution in [0.5, 0.6) is 0 Å². The van der Waals surface area contributed by atoms with Gasteiger partial charge in [-0.3, -0.25) is 0 Å². The monoisotopic (exact) mass is 274 g/mol. The van der Waals surface area contributed by atoms with Crippen LogP contribution in [0.25, 0.3) is 0 Å². The lowest BCUT2D eigenvalue weighted by molar-refractivity contribution is -0.201. The number of hydrogen-bond acceptors (Lipinski definition) is 2. The lowest BCUT2D eigenvalue weighted by Crippen LogP contribution is -2.58. The predicted octanol–water partition coefficient (Wildman–Crippen LogP) is 3.82. The number of halogens is 3. The summed E-state index contributed by atoms with van der Waals surface area (Å²) in [7, 11) is 0. The van der Waals surface area contributed by atoms with E-state index in [4.69, 9.17) is 4.74 Å². The summed E-state index contributed by atoms with van der Waals surface area (Å²) in [5, 5.41) is 0. The zero-order valence-electron chi connectivity index (χ0n) is 10.8. The second-order valence-corrected chi connectivity index (χ2v) is 6.45. The molecule has 4 aliphatic rings. The Hall–Kier alpha value is -1.00. The molecule has 4 fully saturated rings. The molecular weight excluding hydrogens is 257 g/mol. The fourth-order valence-electron chi connectivity index (χ4n) is 4.61. The van der Waals surface area contributed by atoms with E-state index >= 15 is 0 Å². The molecular formula is C14H17F3O2. The zero-order chi connectivity index (χ0) is 13.8. The summed E-state index contributed by atoms with van der Waals surface area (Å²) in [6.07, 6.45) is 2.53. The maximum absolute atomic E-state index is 13.0. The Kier molecular flexibility index (Phi) is 2.91. The molecule has 4 bridgehead atoms. The van der Waals surface area contributed by atoms with E-state index in [0.717, 1.165) is 25.7 Å². The molecule has 106 valence electrons. The van der Waals surface area contributed by atoms with Gasteiger partial charge < -0.3 is 4.74 Å². The van der Waals surface area contributed by atoms with Crippen molar-refractivity contribution < 1.29 is 22.7 Å². The first-order valence-corrected chi connectivity index (χ1v) is 6.84. The van der Waals surface area contributed by atoms with E-state index in [2.05, 4.69) is 0 Å². The molecule has 19 heavy (non-hydrogen) atoms. The average Bonchev–Trinajstić information content (AvgIpc) is 2.34. The van der Waals surface area contributed by atoms with Crippen molar-refractivity contribution in [3.63, 3.8) is 0 Å². The molecule has 0 spiro atoms. The first-order chi connectivity index (χ1) is 8.90. The fraction of sp³-hybridized carbons (Fsp3) is 0.786. The van der Waals surface area contributed by atoms with Gasteiger partial charge in [-0.1, -0.05) is 0 Å². The van der Waals surface area contributed by atoms with Gasteiger partial charge in [0, 0.05) is 0 Å². The van der Waals surface area contributed by atoms with E-state index in [1.54, 1.807) is 6.92 Å². The average molecular weight is 274 g/mol. The minimum atomic E-state index is -2.60. The summed E-state index contributed by atoms with van der Waals surface area (Å²) in [4.78, 5) is 11.4. The topological polar surface area (TPSA) is 26.3 Å². The molecule has 2 nitrogen and oxygen atoms in total.